The van der Waals surface area contributed by atoms with Crippen LogP contribution in [-0.2, 0) is 86.6 Å². The molecule has 8 amide bonds. The summed E-state index contributed by atoms with van der Waals surface area (Å²) < 4.78 is 31.9. The maximum Gasteiger partial charge on any atom is 0.408 e. The molecule has 6 atom stereocenters. The van der Waals surface area contributed by atoms with Crippen molar-refractivity contribution < 1.29 is 76.4 Å². The summed E-state index contributed by atoms with van der Waals surface area (Å²) in [5.41, 5.74) is 1.40. The van der Waals surface area contributed by atoms with Gasteiger partial charge in [0.1, 0.15) is 36.4 Å². The number of hydrogen-bond acceptors (Lipinski definition) is 16. The van der Waals surface area contributed by atoms with Crippen LogP contribution in [0, 0.1) is 0 Å². The molecule has 0 bridgehead atoms. The van der Waals surface area contributed by atoms with E-state index in [1.807, 2.05) is 36.4 Å². The minimum absolute atomic E-state index is 0.0171. The number of hydrogen-bond donors (Lipinski definition) is 8. The van der Waals surface area contributed by atoms with E-state index in [4.69, 9.17) is 23.7 Å². The third kappa shape index (κ3) is 25.8. The molecule has 420 valence electrons. The first-order chi connectivity index (χ1) is 36.7. The molecule has 3 rings (SSSR count). The molecular formula is C53H72N8O16. The van der Waals surface area contributed by atoms with Crippen LogP contribution < -0.4 is 42.5 Å². The van der Waals surface area contributed by atoms with E-state index in [1.54, 1.807) is 75.4 Å². The molecule has 3 aromatic rings. The SMILES string of the molecule is COC(=O)C[C@H](NC(=O)OC(C)(C)C)C(=O)NCC(=O)NCC(=O)N[C@H](C(=O)NCC(=O)N[C@H](C(=O)N[C@@H](CCCCNC(=O)OCc1ccccc1)C(=O)OC)[C@@H](C)OCc1ccccc1)[C@@H](C)OCc1ccccc1. The zero-order valence-electron chi connectivity index (χ0n) is 44.4. The molecule has 0 aliphatic heterocycles. The molecule has 24 heteroatoms. The van der Waals surface area contributed by atoms with Gasteiger partial charge >= 0.3 is 24.1 Å². The van der Waals surface area contributed by atoms with Gasteiger partial charge < -0.3 is 71.0 Å². The summed E-state index contributed by atoms with van der Waals surface area (Å²) in [6, 6.07) is 21.5. The fraction of sp³-hybridized carbons (Fsp3) is 0.472. The Labute approximate surface area is 447 Å². The average Bonchev–Trinajstić information content (AvgIpc) is 3.41. The third-order valence-corrected chi connectivity index (χ3v) is 11.0. The number of ether oxygens (including phenoxy) is 6. The predicted molar refractivity (Wildman–Crippen MR) is 276 cm³/mol. The summed E-state index contributed by atoms with van der Waals surface area (Å²) in [7, 11) is 2.24. The Kier molecular flexibility index (Phi) is 27.7. The van der Waals surface area contributed by atoms with Gasteiger partial charge in [0, 0.05) is 6.54 Å². The molecule has 0 fully saturated rings. The number of carbonyl (C=O) groups is 10. The second-order valence-electron chi connectivity index (χ2n) is 18.4. The van der Waals surface area contributed by atoms with Gasteiger partial charge in [0.25, 0.3) is 0 Å². The Hall–Kier alpha value is -8.12. The van der Waals surface area contributed by atoms with Crippen LogP contribution in [0.4, 0.5) is 9.59 Å². The number of esters is 2. The molecule has 0 aliphatic rings. The fourth-order valence-electron chi connectivity index (χ4n) is 6.85. The predicted octanol–water partition coefficient (Wildman–Crippen LogP) is 1.73. The van der Waals surface area contributed by atoms with Gasteiger partial charge in [0.05, 0.1) is 65.7 Å². The number of rotatable bonds is 31. The van der Waals surface area contributed by atoms with Crippen LogP contribution in [0.3, 0.4) is 0 Å². The highest BCUT2D eigenvalue weighted by molar-refractivity contribution is 5.95. The van der Waals surface area contributed by atoms with Crippen molar-refractivity contribution in [2.24, 2.45) is 0 Å². The molecule has 0 aromatic heterocycles. The Bertz CT molecular complexity index is 2390. The molecule has 0 saturated carbocycles. The third-order valence-electron chi connectivity index (χ3n) is 11.0. The minimum atomic E-state index is -1.48. The Balaban J connectivity index is 1.67. The van der Waals surface area contributed by atoms with Gasteiger partial charge in [-0.1, -0.05) is 91.0 Å². The average molecular weight is 1080 g/mol. The quantitative estimate of drug-likeness (QED) is 0.0258. The summed E-state index contributed by atoms with van der Waals surface area (Å²) in [5, 5.41) is 19.6. The first-order valence-corrected chi connectivity index (χ1v) is 24.8. The number of methoxy groups -OCH3 is 2. The van der Waals surface area contributed by atoms with Crippen molar-refractivity contribution in [3.63, 3.8) is 0 Å². The first-order valence-electron chi connectivity index (χ1n) is 24.8. The van der Waals surface area contributed by atoms with Crippen molar-refractivity contribution in [1.29, 1.82) is 0 Å². The maximum absolute atomic E-state index is 14.0. The van der Waals surface area contributed by atoms with E-state index in [1.165, 1.54) is 13.8 Å². The van der Waals surface area contributed by atoms with Crippen molar-refractivity contribution >= 4 is 59.6 Å². The van der Waals surface area contributed by atoms with E-state index < -0.39 is 128 Å². The normalized spacial score (nSPS) is 13.2. The van der Waals surface area contributed by atoms with E-state index in [0.29, 0.717) is 12.8 Å². The topological polar surface area (TPSA) is 322 Å². The fourth-order valence-corrected chi connectivity index (χ4v) is 6.85. The Morgan fingerprint density at radius 3 is 1.48 bits per heavy atom. The highest BCUT2D eigenvalue weighted by Crippen LogP contribution is 2.12. The Morgan fingerprint density at radius 2 is 0.974 bits per heavy atom. The molecule has 0 heterocycles. The first kappa shape index (κ1) is 63.2. The largest absolute Gasteiger partial charge is 0.469 e. The lowest BCUT2D eigenvalue weighted by atomic mass is 10.1. The van der Waals surface area contributed by atoms with Crippen LogP contribution in [0.5, 0.6) is 0 Å². The summed E-state index contributed by atoms with van der Waals surface area (Å²) in [5.74, 6) is -6.83. The maximum atomic E-state index is 14.0. The van der Waals surface area contributed by atoms with Gasteiger partial charge in [-0.25, -0.2) is 14.4 Å². The van der Waals surface area contributed by atoms with Gasteiger partial charge in [-0.2, -0.15) is 0 Å². The lowest BCUT2D eigenvalue weighted by molar-refractivity contribution is -0.146. The molecule has 0 aliphatic carbocycles. The van der Waals surface area contributed by atoms with Crippen LogP contribution in [0.1, 0.15) is 77.0 Å². The molecule has 8 N–H and O–H groups in total. The van der Waals surface area contributed by atoms with E-state index >= 15 is 0 Å². The van der Waals surface area contributed by atoms with E-state index in [2.05, 4.69) is 47.3 Å². The number of carbonyl (C=O) groups excluding carboxylic acids is 10. The van der Waals surface area contributed by atoms with E-state index in [0.717, 1.165) is 30.9 Å². The molecule has 77 heavy (non-hydrogen) atoms. The summed E-state index contributed by atoms with van der Waals surface area (Å²) in [4.78, 5) is 130. The van der Waals surface area contributed by atoms with E-state index in [-0.39, 0.29) is 32.8 Å². The van der Waals surface area contributed by atoms with Gasteiger partial charge in [-0.3, -0.25) is 33.6 Å². The highest BCUT2D eigenvalue weighted by Gasteiger charge is 2.33. The number of unbranched alkanes of at least 4 members (excludes halogenated alkanes) is 1. The lowest BCUT2D eigenvalue weighted by Crippen LogP contribution is -2.59. The smallest absolute Gasteiger partial charge is 0.408 e. The zero-order chi connectivity index (χ0) is 56.8. The summed E-state index contributed by atoms with van der Waals surface area (Å²) in [6.45, 7) is 6.07. The molecule has 0 spiro atoms. The van der Waals surface area contributed by atoms with Crippen molar-refractivity contribution in [2.45, 2.75) is 122 Å². The van der Waals surface area contributed by atoms with Crippen molar-refractivity contribution in [2.75, 3.05) is 40.4 Å². The van der Waals surface area contributed by atoms with Crippen LogP contribution in [-0.4, -0.2) is 142 Å². The number of nitrogens with one attached hydrogen (secondary N) is 8. The van der Waals surface area contributed by atoms with Gasteiger partial charge in [0.15, 0.2) is 0 Å². The molecule has 0 radical (unpaired) electrons. The number of benzene rings is 3. The molecular weight excluding hydrogens is 1000 g/mol. The van der Waals surface area contributed by atoms with Gasteiger partial charge in [0.2, 0.25) is 35.4 Å². The Morgan fingerprint density at radius 1 is 0.494 bits per heavy atom. The van der Waals surface area contributed by atoms with E-state index in [9.17, 15) is 47.9 Å². The van der Waals surface area contributed by atoms with Crippen molar-refractivity contribution in [1.82, 2.24) is 42.5 Å². The highest BCUT2D eigenvalue weighted by atomic mass is 16.6. The van der Waals surface area contributed by atoms with Gasteiger partial charge in [-0.15, -0.1) is 0 Å². The lowest BCUT2D eigenvalue weighted by Gasteiger charge is -2.27. The van der Waals surface area contributed by atoms with Crippen LogP contribution in [0.2, 0.25) is 0 Å². The van der Waals surface area contributed by atoms with Gasteiger partial charge in [-0.05, 0) is 70.6 Å². The van der Waals surface area contributed by atoms with Crippen molar-refractivity contribution in [3.05, 3.63) is 108 Å². The molecule has 3 aromatic carbocycles. The standard InChI is InChI=1S/C53H72N8O16/c1-34(74-31-36-19-11-8-12-20-36)45(60-42(63)29-55-41(62)28-56-47(66)40(27-44(65)72-6)59-52(71)77-53(3,4)5)48(67)57-30-43(64)61-46(35(2)75-32-37-21-13-9-14-22-37)49(68)58-39(50(69)73-7)25-17-18-26-54-51(70)76-33-38-23-15-10-16-24-38/h8-16,19-24,34-35,39-40,45-46H,17-18,25-33H2,1-7H3,(H,54,70)(H,55,62)(H,56,66)(H,57,67)(H,58,68)(H,59,71)(H,60,63)(H,61,64)/t34-,35-,39+,40+,45+,46+/m1/s1. The number of amides is 8. The monoisotopic (exact) mass is 1080 g/mol. The van der Waals surface area contributed by atoms with Crippen molar-refractivity contribution in [3.8, 4) is 0 Å². The molecule has 0 unspecified atom stereocenters. The zero-order valence-corrected chi connectivity index (χ0v) is 44.4. The number of alkyl carbamates (subject to hydrolysis) is 2. The second-order valence-corrected chi connectivity index (χ2v) is 18.4. The van der Waals surface area contributed by atoms with Crippen LogP contribution >= 0.6 is 0 Å². The molecule has 0 saturated heterocycles. The summed E-state index contributed by atoms with van der Waals surface area (Å²) >= 11 is 0. The minimum Gasteiger partial charge on any atom is -0.469 e. The van der Waals surface area contributed by atoms with Crippen LogP contribution in [0.15, 0.2) is 91.0 Å². The molecule has 24 nitrogen and oxygen atoms in total. The second kappa shape index (κ2) is 33.7. The summed E-state index contributed by atoms with van der Waals surface area (Å²) in [6.07, 6.45) is -3.39. The van der Waals surface area contributed by atoms with Crippen LogP contribution in [0.25, 0.3) is 0 Å².